The SMILES string of the molecule is COc1ccc(C(N)=O)cc1NC1CC(C(C)C)C1. The Balaban J connectivity index is 2.07. The van der Waals surface area contributed by atoms with Gasteiger partial charge >= 0.3 is 0 Å². The van der Waals surface area contributed by atoms with Gasteiger partial charge < -0.3 is 15.8 Å². The highest BCUT2D eigenvalue weighted by atomic mass is 16.5. The van der Waals surface area contributed by atoms with Crippen LogP contribution in [0, 0.1) is 11.8 Å². The number of carbonyl (C=O) groups excluding carboxylic acids is 1. The fraction of sp³-hybridized carbons (Fsp3) is 0.533. The fourth-order valence-corrected chi connectivity index (χ4v) is 2.52. The minimum Gasteiger partial charge on any atom is -0.495 e. The van der Waals surface area contributed by atoms with Crippen LogP contribution in [0.5, 0.6) is 5.75 Å². The van der Waals surface area contributed by atoms with Gasteiger partial charge in [0.05, 0.1) is 12.8 Å². The van der Waals surface area contributed by atoms with Gasteiger partial charge in [0.25, 0.3) is 0 Å². The molecule has 1 aromatic rings. The number of primary amides is 1. The summed E-state index contributed by atoms with van der Waals surface area (Å²) in [5.41, 5.74) is 6.66. The molecule has 1 aliphatic carbocycles. The summed E-state index contributed by atoms with van der Waals surface area (Å²) in [6, 6.07) is 5.69. The molecule has 0 spiro atoms. The van der Waals surface area contributed by atoms with Crippen LogP contribution in [-0.2, 0) is 0 Å². The van der Waals surface area contributed by atoms with Crippen LogP contribution in [0.25, 0.3) is 0 Å². The lowest BCUT2D eigenvalue weighted by Crippen LogP contribution is -2.38. The maximum atomic E-state index is 11.2. The van der Waals surface area contributed by atoms with Gasteiger partial charge in [-0.25, -0.2) is 0 Å². The van der Waals surface area contributed by atoms with Gasteiger partial charge in [-0.05, 0) is 42.9 Å². The van der Waals surface area contributed by atoms with Crippen molar-refractivity contribution in [3.05, 3.63) is 23.8 Å². The number of ether oxygens (including phenoxy) is 1. The first-order valence-electron chi connectivity index (χ1n) is 6.75. The molecule has 1 fully saturated rings. The molecule has 0 saturated heterocycles. The summed E-state index contributed by atoms with van der Waals surface area (Å²) < 4.78 is 5.31. The van der Waals surface area contributed by atoms with E-state index in [1.165, 1.54) is 12.8 Å². The average Bonchev–Trinajstić information content (AvgIpc) is 2.32. The van der Waals surface area contributed by atoms with Crippen LogP contribution in [-0.4, -0.2) is 19.1 Å². The number of hydrogen-bond acceptors (Lipinski definition) is 3. The Morgan fingerprint density at radius 1 is 1.42 bits per heavy atom. The number of nitrogens with one attached hydrogen (secondary N) is 1. The fourth-order valence-electron chi connectivity index (χ4n) is 2.52. The monoisotopic (exact) mass is 262 g/mol. The lowest BCUT2D eigenvalue weighted by molar-refractivity contribution is 0.100. The van der Waals surface area contributed by atoms with Crippen LogP contribution in [0.4, 0.5) is 5.69 Å². The molecule has 0 atom stereocenters. The second kappa shape index (κ2) is 5.51. The van der Waals surface area contributed by atoms with Crippen LogP contribution in [0.2, 0.25) is 0 Å². The Hall–Kier alpha value is -1.71. The molecule has 0 heterocycles. The second-order valence-corrected chi connectivity index (χ2v) is 5.60. The predicted molar refractivity (Wildman–Crippen MR) is 76.5 cm³/mol. The summed E-state index contributed by atoms with van der Waals surface area (Å²) >= 11 is 0. The van der Waals surface area contributed by atoms with Crippen LogP contribution in [0.15, 0.2) is 18.2 Å². The van der Waals surface area contributed by atoms with E-state index in [0.717, 1.165) is 23.3 Å². The smallest absolute Gasteiger partial charge is 0.248 e. The van der Waals surface area contributed by atoms with Crippen molar-refractivity contribution in [1.82, 2.24) is 0 Å². The summed E-state index contributed by atoms with van der Waals surface area (Å²) in [4.78, 5) is 11.2. The largest absolute Gasteiger partial charge is 0.495 e. The molecule has 0 bridgehead atoms. The molecule has 1 aliphatic rings. The molecule has 1 saturated carbocycles. The second-order valence-electron chi connectivity index (χ2n) is 5.60. The molecule has 4 nitrogen and oxygen atoms in total. The van der Waals surface area contributed by atoms with Crippen molar-refractivity contribution in [3.8, 4) is 5.75 Å². The average molecular weight is 262 g/mol. The first-order valence-corrected chi connectivity index (χ1v) is 6.75. The molecule has 0 aromatic heterocycles. The summed E-state index contributed by atoms with van der Waals surface area (Å²) in [5, 5.41) is 3.45. The molecule has 1 aromatic carbocycles. The highest BCUT2D eigenvalue weighted by Gasteiger charge is 2.31. The van der Waals surface area contributed by atoms with Crippen molar-refractivity contribution < 1.29 is 9.53 Å². The normalized spacial score (nSPS) is 21.9. The van der Waals surface area contributed by atoms with Gasteiger partial charge in [-0.3, -0.25) is 4.79 Å². The van der Waals surface area contributed by atoms with Crippen molar-refractivity contribution in [2.24, 2.45) is 17.6 Å². The Morgan fingerprint density at radius 2 is 2.11 bits per heavy atom. The van der Waals surface area contributed by atoms with Gasteiger partial charge in [0, 0.05) is 11.6 Å². The van der Waals surface area contributed by atoms with Crippen LogP contribution in [0.1, 0.15) is 37.0 Å². The number of amides is 1. The highest BCUT2D eigenvalue weighted by Crippen LogP contribution is 2.37. The molecule has 1 amide bonds. The predicted octanol–water partition coefficient (Wildman–Crippen LogP) is 2.64. The maximum absolute atomic E-state index is 11.2. The summed E-state index contributed by atoms with van der Waals surface area (Å²) in [7, 11) is 1.63. The topological polar surface area (TPSA) is 64.3 Å². The molecule has 0 aliphatic heterocycles. The summed E-state index contributed by atoms with van der Waals surface area (Å²) in [6.45, 7) is 4.52. The van der Waals surface area contributed by atoms with E-state index in [9.17, 15) is 4.79 Å². The van der Waals surface area contributed by atoms with Crippen molar-refractivity contribution in [1.29, 1.82) is 0 Å². The van der Waals surface area contributed by atoms with Gasteiger partial charge in [-0.15, -0.1) is 0 Å². The molecule has 4 heteroatoms. The lowest BCUT2D eigenvalue weighted by Gasteiger charge is -2.39. The van der Waals surface area contributed by atoms with Crippen LogP contribution in [0.3, 0.4) is 0 Å². The summed E-state index contributed by atoms with van der Waals surface area (Å²) in [5.74, 6) is 1.86. The van der Waals surface area contributed by atoms with Crippen molar-refractivity contribution >= 4 is 11.6 Å². The number of methoxy groups -OCH3 is 1. The van der Waals surface area contributed by atoms with Gasteiger partial charge in [-0.2, -0.15) is 0 Å². The van der Waals surface area contributed by atoms with Crippen LogP contribution >= 0.6 is 0 Å². The van der Waals surface area contributed by atoms with Gasteiger partial charge in [0.2, 0.25) is 5.91 Å². The van der Waals surface area contributed by atoms with Crippen molar-refractivity contribution in [3.63, 3.8) is 0 Å². The number of carbonyl (C=O) groups is 1. The number of rotatable bonds is 5. The number of benzene rings is 1. The Labute approximate surface area is 114 Å². The minimum absolute atomic E-state index is 0.417. The molecule has 19 heavy (non-hydrogen) atoms. The van der Waals surface area contributed by atoms with E-state index in [-0.39, 0.29) is 0 Å². The Kier molecular flexibility index (Phi) is 3.98. The third-order valence-electron chi connectivity index (χ3n) is 3.96. The van der Waals surface area contributed by atoms with E-state index in [0.29, 0.717) is 11.6 Å². The molecule has 0 unspecified atom stereocenters. The first-order chi connectivity index (χ1) is 9.01. The third-order valence-corrected chi connectivity index (χ3v) is 3.96. The molecule has 104 valence electrons. The van der Waals surface area contributed by atoms with E-state index in [2.05, 4.69) is 19.2 Å². The van der Waals surface area contributed by atoms with Crippen molar-refractivity contribution in [2.45, 2.75) is 32.7 Å². The Bertz CT molecular complexity index is 465. The third kappa shape index (κ3) is 3.00. The van der Waals surface area contributed by atoms with E-state index in [4.69, 9.17) is 10.5 Å². The van der Waals surface area contributed by atoms with Gasteiger partial charge in [-0.1, -0.05) is 13.8 Å². The zero-order valence-corrected chi connectivity index (χ0v) is 11.8. The van der Waals surface area contributed by atoms with Gasteiger partial charge in [0.15, 0.2) is 0 Å². The minimum atomic E-state index is -0.417. The van der Waals surface area contributed by atoms with Gasteiger partial charge in [0.1, 0.15) is 5.75 Å². The maximum Gasteiger partial charge on any atom is 0.248 e. The molecular formula is C15H22N2O2. The first kappa shape index (κ1) is 13.7. The van der Waals surface area contributed by atoms with E-state index in [1.807, 2.05) is 0 Å². The van der Waals surface area contributed by atoms with E-state index < -0.39 is 5.91 Å². The molecule has 0 radical (unpaired) electrons. The molecule has 3 N–H and O–H groups in total. The highest BCUT2D eigenvalue weighted by molar-refractivity contribution is 5.94. The lowest BCUT2D eigenvalue weighted by atomic mass is 9.73. The summed E-state index contributed by atoms with van der Waals surface area (Å²) in [6.07, 6.45) is 2.34. The number of nitrogens with two attached hydrogens (primary N) is 1. The zero-order valence-electron chi connectivity index (χ0n) is 11.8. The van der Waals surface area contributed by atoms with E-state index in [1.54, 1.807) is 25.3 Å². The number of anilines is 1. The Morgan fingerprint density at radius 3 is 2.63 bits per heavy atom. The van der Waals surface area contributed by atoms with E-state index >= 15 is 0 Å². The molecule has 2 rings (SSSR count). The number of hydrogen-bond donors (Lipinski definition) is 2. The molecular weight excluding hydrogens is 240 g/mol. The van der Waals surface area contributed by atoms with Crippen LogP contribution < -0.4 is 15.8 Å². The van der Waals surface area contributed by atoms with Crippen molar-refractivity contribution in [2.75, 3.05) is 12.4 Å². The standard InChI is InChI=1S/C15H22N2O2/c1-9(2)11-6-12(7-11)17-13-8-10(15(16)18)4-5-14(13)19-3/h4-5,8-9,11-12,17H,6-7H2,1-3H3,(H2,16,18). The zero-order chi connectivity index (χ0) is 14.0. The quantitative estimate of drug-likeness (QED) is 0.857.